The maximum absolute atomic E-state index is 15.2. The summed E-state index contributed by atoms with van der Waals surface area (Å²) in [6.45, 7) is 46.2. The maximum Gasteiger partial charge on any atom is 0.163 e. The standard InChI is InChI=1S/C23H28N2O4.C23H28N2O3.C22H25FN2O2.C21H26N2O2.C20H23FN2O/c1-14(26)16-10-18-19-11-17(15(2)27)23(29-6)13-21(19)25(9-7-8-24(3)4)20(18)12-22(16)28-5;1-6-24(7-2)10-11-25-21-9-8-17(15(3)26)12-19(21)20-13-18(16(4)27)23(28-5)14-22(20)25;1-5-24(6-2)11-12-25-19-9-7-16(14(3)26)13-18(19)21-20(25)10-8-17(15(4)27)22(21)23;1-5-22(6-2)12-13-23-18-11-10-16(15(3)24)14-17(18)21-19(23)8-7-9-20(21)25-4;1-4-22(5-2)10-11-23-19-8-6-15(14(3)24)12-17(19)18-13-16(21)7-9-20(18)23/h10-13H,7-9H2,1-6H3;8-9,12-14H,6-7,10-11H2,1-5H3;7-10,13H,5-6,11-12H2,1-4H3;7-11,14H,5-6,12-13H2,1-4H3;6-9,12-13H,4-5,10-11H2,1-3H3. The molecule has 133 heavy (non-hydrogen) atoms. The highest BCUT2D eigenvalue weighted by atomic mass is 19.1. The predicted molar refractivity (Wildman–Crippen MR) is 538 cm³/mol. The number of carbonyl (C=O) groups excluding carboxylic acids is 8. The molecular formula is C109H130F2N10O12. The quantitative estimate of drug-likeness (QED) is 0.0334. The molecule has 0 atom stereocenters. The number of benzene rings is 10. The number of methoxy groups -OCH3 is 4. The van der Waals surface area contributed by atoms with E-state index in [-0.39, 0.29) is 57.6 Å². The molecule has 0 saturated heterocycles. The Balaban J connectivity index is 0.000000160. The fourth-order valence-corrected chi connectivity index (χ4v) is 18.1. The third kappa shape index (κ3) is 22.0. The molecule has 0 radical (unpaired) electrons. The van der Waals surface area contributed by atoms with Crippen molar-refractivity contribution in [3.8, 4) is 23.0 Å². The van der Waals surface area contributed by atoms with Gasteiger partial charge < -0.3 is 66.3 Å². The van der Waals surface area contributed by atoms with Crippen molar-refractivity contribution in [3.63, 3.8) is 0 Å². The van der Waals surface area contributed by atoms with Gasteiger partial charge in [0.1, 0.15) is 34.6 Å². The Morgan fingerprint density at radius 1 is 0.271 bits per heavy atom. The van der Waals surface area contributed by atoms with Gasteiger partial charge in [0, 0.05) is 181 Å². The number of Topliss-reactive ketones (excluding diaryl/α,β-unsaturated/α-hetero) is 8. The summed E-state index contributed by atoms with van der Waals surface area (Å²) in [7, 11) is 10.5. The first-order valence-electron chi connectivity index (χ1n) is 46.2. The van der Waals surface area contributed by atoms with Crippen LogP contribution in [-0.4, -0.2) is 221 Å². The SMILES string of the molecule is CCN(CC)CCn1c2ccc(C(C)=O)cc2c2c(F)c(C(C)=O)ccc21.CCN(CC)CCn1c2ccc(C(C)=O)cc2c2c(OC)cccc21.CCN(CC)CCn1c2ccc(C(C)=O)cc2c2cc(C(C)=O)c(OC)cc21.CCN(CC)CCn1c2ccc(F)cc2c2cc(C(C)=O)ccc21.COc1cc2c(cc1C(C)=O)c1cc(C(C)=O)c(OC)cc1n2CCCN(C)C. The third-order valence-corrected chi connectivity index (χ3v) is 25.8. The zero-order valence-corrected chi connectivity index (χ0v) is 81.6. The Morgan fingerprint density at radius 2 is 0.549 bits per heavy atom. The average molecular weight is 1810 g/mol. The zero-order chi connectivity index (χ0) is 96.7. The molecule has 702 valence electrons. The van der Waals surface area contributed by atoms with Crippen LogP contribution in [0.1, 0.15) is 200 Å². The summed E-state index contributed by atoms with van der Waals surface area (Å²) in [6.07, 6.45) is 0.958. The van der Waals surface area contributed by atoms with Gasteiger partial charge in [0.05, 0.1) is 78.3 Å². The van der Waals surface area contributed by atoms with Crippen LogP contribution in [0.5, 0.6) is 23.0 Å². The van der Waals surface area contributed by atoms with Crippen LogP contribution in [0.4, 0.5) is 8.78 Å². The number of aryl methyl sites for hydroxylation is 1. The maximum atomic E-state index is 15.2. The summed E-state index contributed by atoms with van der Waals surface area (Å²) < 4.78 is 62.2. The molecule has 0 aliphatic carbocycles. The van der Waals surface area contributed by atoms with Gasteiger partial charge in [0.2, 0.25) is 0 Å². The van der Waals surface area contributed by atoms with Crippen molar-refractivity contribution in [1.82, 2.24) is 47.3 Å². The van der Waals surface area contributed by atoms with Crippen molar-refractivity contribution in [1.29, 1.82) is 0 Å². The fraction of sp³-hybridized carbons (Fsp3) is 0.376. The van der Waals surface area contributed by atoms with Crippen LogP contribution in [0.3, 0.4) is 0 Å². The van der Waals surface area contributed by atoms with Gasteiger partial charge in [-0.05, 0) is 268 Å². The molecule has 15 rings (SSSR count). The number of nitrogens with zero attached hydrogens (tertiary/aromatic N) is 10. The largest absolute Gasteiger partial charge is 0.496 e. The average Bonchev–Trinajstić information content (AvgIpc) is 1.64. The highest BCUT2D eigenvalue weighted by Crippen LogP contribution is 2.42. The summed E-state index contributed by atoms with van der Waals surface area (Å²) in [5.41, 5.74) is 14.4. The molecule has 5 aromatic heterocycles. The van der Waals surface area contributed by atoms with Gasteiger partial charge in [-0.3, -0.25) is 38.4 Å². The van der Waals surface area contributed by atoms with Gasteiger partial charge in [-0.1, -0.05) is 61.5 Å². The number of aromatic nitrogens is 5. The molecule has 0 amide bonds. The van der Waals surface area contributed by atoms with Crippen molar-refractivity contribution in [2.75, 3.05) is 128 Å². The number of ether oxygens (including phenoxy) is 4. The first-order valence-corrected chi connectivity index (χ1v) is 46.2. The van der Waals surface area contributed by atoms with Crippen LogP contribution < -0.4 is 18.9 Å². The topological polar surface area (TPSA) is 214 Å². The molecule has 0 spiro atoms. The zero-order valence-electron chi connectivity index (χ0n) is 81.6. The van der Waals surface area contributed by atoms with Gasteiger partial charge in [-0.25, -0.2) is 8.78 Å². The summed E-state index contributed by atoms with van der Waals surface area (Å²) in [5.74, 6) is 1.41. The van der Waals surface area contributed by atoms with E-state index in [2.05, 4.69) is 129 Å². The summed E-state index contributed by atoms with van der Waals surface area (Å²) >= 11 is 0. The van der Waals surface area contributed by atoms with E-state index in [0.717, 1.165) is 227 Å². The Morgan fingerprint density at radius 3 is 0.872 bits per heavy atom. The van der Waals surface area contributed by atoms with Gasteiger partial charge in [0.25, 0.3) is 0 Å². The molecule has 0 bridgehead atoms. The van der Waals surface area contributed by atoms with E-state index in [9.17, 15) is 42.7 Å². The van der Waals surface area contributed by atoms with E-state index in [4.69, 9.17) is 18.9 Å². The number of hydrogen-bond acceptors (Lipinski definition) is 17. The van der Waals surface area contributed by atoms with Crippen molar-refractivity contribution < 1.29 is 66.1 Å². The highest BCUT2D eigenvalue weighted by molar-refractivity contribution is 6.18. The number of likely N-dealkylation sites (N-methyl/N-ethyl adjacent to an activating group) is 4. The van der Waals surface area contributed by atoms with E-state index in [1.165, 1.54) is 33.8 Å². The van der Waals surface area contributed by atoms with Crippen LogP contribution in [-0.2, 0) is 32.7 Å². The van der Waals surface area contributed by atoms with E-state index < -0.39 is 5.82 Å². The normalized spacial score (nSPS) is 11.6. The van der Waals surface area contributed by atoms with Gasteiger partial charge in [-0.15, -0.1) is 0 Å². The van der Waals surface area contributed by atoms with Crippen molar-refractivity contribution >= 4 is 155 Å². The molecule has 15 aromatic rings. The lowest BCUT2D eigenvalue weighted by atomic mass is 10.0. The Bertz CT molecular complexity index is 6790. The van der Waals surface area contributed by atoms with Crippen LogP contribution in [0.2, 0.25) is 0 Å². The molecule has 0 N–H and O–H groups in total. The number of halogens is 2. The molecule has 0 aliphatic heterocycles. The third-order valence-electron chi connectivity index (χ3n) is 25.8. The fourth-order valence-electron chi connectivity index (χ4n) is 18.1. The number of hydrogen-bond donors (Lipinski definition) is 0. The van der Waals surface area contributed by atoms with Crippen molar-refractivity contribution in [2.24, 2.45) is 0 Å². The van der Waals surface area contributed by atoms with Gasteiger partial charge >= 0.3 is 0 Å². The van der Waals surface area contributed by atoms with Crippen LogP contribution in [0.15, 0.2) is 158 Å². The van der Waals surface area contributed by atoms with Crippen LogP contribution in [0, 0.1) is 11.6 Å². The lowest BCUT2D eigenvalue weighted by Crippen LogP contribution is -2.26. The van der Waals surface area contributed by atoms with E-state index in [0.29, 0.717) is 67.9 Å². The highest BCUT2D eigenvalue weighted by Gasteiger charge is 2.26. The Hall–Kier alpha value is -12.6. The first kappa shape index (κ1) is 101. The molecule has 5 heterocycles. The molecule has 0 unspecified atom stereocenters. The van der Waals surface area contributed by atoms with Crippen molar-refractivity contribution in [2.45, 2.75) is 150 Å². The number of ketones is 8. The number of fused-ring (bicyclic) bond motifs is 15. The summed E-state index contributed by atoms with van der Waals surface area (Å²) in [6, 6.07) is 48.7. The van der Waals surface area contributed by atoms with Gasteiger partial charge in [-0.2, -0.15) is 0 Å². The van der Waals surface area contributed by atoms with E-state index >= 15 is 4.39 Å². The molecule has 10 aromatic carbocycles. The second kappa shape index (κ2) is 45.2. The number of carbonyl (C=O) groups is 8. The second-order valence-electron chi connectivity index (χ2n) is 33.9. The Labute approximate surface area is 778 Å². The minimum Gasteiger partial charge on any atom is -0.496 e. The monoisotopic (exact) mass is 1810 g/mol. The Kier molecular flexibility index (Phi) is 34.3. The number of rotatable bonds is 36. The lowest BCUT2D eigenvalue weighted by Gasteiger charge is -2.19. The first-order chi connectivity index (χ1) is 63.7. The summed E-state index contributed by atoms with van der Waals surface area (Å²) in [5, 5.41) is 8.91. The minimum absolute atomic E-state index is 0.0253. The van der Waals surface area contributed by atoms with Crippen LogP contribution in [0.25, 0.3) is 109 Å². The van der Waals surface area contributed by atoms with E-state index in [1.54, 1.807) is 80.4 Å². The lowest BCUT2D eigenvalue weighted by molar-refractivity contribution is 0.100. The summed E-state index contributed by atoms with van der Waals surface area (Å²) in [4.78, 5) is 107. The van der Waals surface area contributed by atoms with Crippen molar-refractivity contribution in [3.05, 3.63) is 214 Å². The van der Waals surface area contributed by atoms with Crippen LogP contribution >= 0.6 is 0 Å². The molecule has 24 heteroatoms. The molecule has 22 nitrogen and oxygen atoms in total. The smallest absolute Gasteiger partial charge is 0.163 e. The molecular weight excluding hydrogens is 1680 g/mol. The predicted octanol–water partition coefficient (Wildman–Crippen LogP) is 22.2. The van der Waals surface area contributed by atoms with Gasteiger partial charge in [0.15, 0.2) is 46.3 Å². The molecule has 0 aliphatic rings. The molecule has 0 saturated carbocycles. The minimum atomic E-state index is -0.507. The molecule has 0 fully saturated rings. The second-order valence-corrected chi connectivity index (χ2v) is 33.9. The van der Waals surface area contributed by atoms with E-state index in [1.807, 2.05) is 115 Å².